The minimum absolute atomic E-state index is 0.0436. The van der Waals surface area contributed by atoms with Crippen LogP contribution in [0.4, 0.5) is 4.39 Å². The molecule has 0 bridgehead atoms. The van der Waals surface area contributed by atoms with Gasteiger partial charge in [0.2, 0.25) is 0 Å². The van der Waals surface area contributed by atoms with Crippen molar-refractivity contribution < 1.29 is 9.18 Å². The number of piperazine rings is 1. The highest BCUT2D eigenvalue weighted by Crippen LogP contribution is 2.30. The molecular formula is C21H19ClFN3OS. The number of amides is 1. The Morgan fingerprint density at radius 3 is 2.50 bits per heavy atom. The molecule has 3 heterocycles. The normalized spacial score (nSPS) is 15.0. The Balaban J connectivity index is 1.40. The van der Waals surface area contributed by atoms with Gasteiger partial charge in [0.15, 0.2) is 0 Å². The first-order chi connectivity index (χ1) is 13.6. The van der Waals surface area contributed by atoms with E-state index in [1.165, 1.54) is 23.5 Å². The molecule has 0 saturated carbocycles. The average molecular weight is 416 g/mol. The summed E-state index contributed by atoms with van der Waals surface area (Å²) in [5.41, 5.74) is 2.84. The van der Waals surface area contributed by atoms with E-state index in [0.717, 1.165) is 36.3 Å². The van der Waals surface area contributed by atoms with Gasteiger partial charge in [-0.25, -0.2) is 9.37 Å². The van der Waals surface area contributed by atoms with Crippen LogP contribution in [0.3, 0.4) is 0 Å². The molecule has 0 N–H and O–H groups in total. The van der Waals surface area contributed by atoms with Crippen LogP contribution >= 0.6 is 22.9 Å². The van der Waals surface area contributed by atoms with E-state index in [-0.39, 0.29) is 11.7 Å². The van der Waals surface area contributed by atoms with Crippen molar-refractivity contribution in [2.24, 2.45) is 0 Å². The molecule has 0 spiro atoms. The number of carbonyl (C=O) groups excluding carboxylic acids is 1. The van der Waals surface area contributed by atoms with E-state index >= 15 is 0 Å². The molecule has 1 amide bonds. The van der Waals surface area contributed by atoms with Gasteiger partial charge in [0, 0.05) is 44.5 Å². The second-order valence-electron chi connectivity index (χ2n) is 6.73. The quantitative estimate of drug-likeness (QED) is 0.586. The topological polar surface area (TPSA) is 36.4 Å². The van der Waals surface area contributed by atoms with Crippen LogP contribution in [0.25, 0.3) is 11.1 Å². The second kappa shape index (κ2) is 8.39. The third-order valence-electron chi connectivity index (χ3n) is 4.87. The fraction of sp³-hybridized carbons (Fsp3) is 0.238. The first-order valence-corrected chi connectivity index (χ1v) is 10.3. The number of hydrogen-bond acceptors (Lipinski definition) is 4. The van der Waals surface area contributed by atoms with E-state index in [0.29, 0.717) is 23.1 Å². The molecule has 1 saturated heterocycles. The molecule has 2 aromatic heterocycles. The number of aromatic nitrogens is 1. The smallest absolute Gasteiger partial charge is 0.264 e. The van der Waals surface area contributed by atoms with Gasteiger partial charge >= 0.3 is 0 Å². The number of halogens is 2. The monoisotopic (exact) mass is 415 g/mol. The molecule has 28 heavy (non-hydrogen) atoms. The number of hydrogen-bond donors (Lipinski definition) is 0. The third kappa shape index (κ3) is 4.24. The van der Waals surface area contributed by atoms with Crippen molar-refractivity contribution in [1.29, 1.82) is 0 Å². The standard InChI is InChI=1S/C21H19ClFN3OS/c22-19-6-1-15(13-24-19)14-25-8-10-26(11-9-25)21(27)20-18(7-12-28-20)16-2-4-17(23)5-3-16/h1-7,12-13H,8-11,14H2. The molecule has 1 fully saturated rings. The molecule has 1 aliphatic heterocycles. The summed E-state index contributed by atoms with van der Waals surface area (Å²) in [6.45, 7) is 3.78. The van der Waals surface area contributed by atoms with Crippen LogP contribution in [0.15, 0.2) is 54.0 Å². The lowest BCUT2D eigenvalue weighted by molar-refractivity contribution is 0.0634. The Labute approximate surface area is 172 Å². The number of carbonyl (C=O) groups is 1. The maximum absolute atomic E-state index is 13.2. The van der Waals surface area contributed by atoms with E-state index in [4.69, 9.17) is 11.6 Å². The van der Waals surface area contributed by atoms with Crippen molar-refractivity contribution in [3.8, 4) is 11.1 Å². The zero-order valence-electron chi connectivity index (χ0n) is 15.1. The predicted molar refractivity (Wildman–Crippen MR) is 110 cm³/mol. The van der Waals surface area contributed by atoms with Gasteiger partial charge < -0.3 is 4.90 Å². The lowest BCUT2D eigenvalue weighted by Crippen LogP contribution is -2.48. The first-order valence-electron chi connectivity index (χ1n) is 9.05. The first kappa shape index (κ1) is 19.1. The fourth-order valence-electron chi connectivity index (χ4n) is 3.34. The van der Waals surface area contributed by atoms with Crippen molar-refractivity contribution in [2.45, 2.75) is 6.54 Å². The highest BCUT2D eigenvalue weighted by molar-refractivity contribution is 7.12. The van der Waals surface area contributed by atoms with Crippen molar-refractivity contribution in [2.75, 3.05) is 26.2 Å². The van der Waals surface area contributed by atoms with Gasteiger partial charge in [-0.15, -0.1) is 11.3 Å². The van der Waals surface area contributed by atoms with Crippen molar-refractivity contribution >= 4 is 28.8 Å². The molecular weight excluding hydrogens is 397 g/mol. The van der Waals surface area contributed by atoms with Crippen LogP contribution < -0.4 is 0 Å². The van der Waals surface area contributed by atoms with Crippen LogP contribution in [0.5, 0.6) is 0 Å². The summed E-state index contributed by atoms with van der Waals surface area (Å²) in [6.07, 6.45) is 1.79. The highest BCUT2D eigenvalue weighted by atomic mass is 35.5. The zero-order chi connectivity index (χ0) is 19.5. The van der Waals surface area contributed by atoms with E-state index in [1.807, 2.05) is 22.4 Å². The van der Waals surface area contributed by atoms with Crippen molar-refractivity contribution in [1.82, 2.24) is 14.8 Å². The SMILES string of the molecule is O=C(c1sccc1-c1ccc(F)cc1)N1CCN(Cc2ccc(Cl)nc2)CC1. The Kier molecular flexibility index (Phi) is 5.71. The van der Waals surface area contributed by atoms with Gasteiger partial charge in [0.25, 0.3) is 5.91 Å². The van der Waals surface area contributed by atoms with Crippen LogP contribution in [0.2, 0.25) is 5.15 Å². The average Bonchev–Trinajstić information content (AvgIpc) is 3.20. The summed E-state index contributed by atoms with van der Waals surface area (Å²) in [5.74, 6) is -0.235. The number of rotatable bonds is 4. The summed E-state index contributed by atoms with van der Waals surface area (Å²) in [6, 6.07) is 12.0. The summed E-state index contributed by atoms with van der Waals surface area (Å²) in [5, 5.41) is 2.41. The molecule has 3 aromatic rings. The highest BCUT2D eigenvalue weighted by Gasteiger charge is 2.25. The molecule has 144 valence electrons. The maximum atomic E-state index is 13.2. The lowest BCUT2D eigenvalue weighted by Gasteiger charge is -2.34. The van der Waals surface area contributed by atoms with Crippen molar-refractivity contribution in [3.63, 3.8) is 0 Å². The lowest BCUT2D eigenvalue weighted by atomic mass is 10.1. The van der Waals surface area contributed by atoms with Gasteiger partial charge in [0.1, 0.15) is 11.0 Å². The van der Waals surface area contributed by atoms with Crippen LogP contribution in [0.1, 0.15) is 15.2 Å². The Hall–Kier alpha value is -2.28. The molecule has 0 atom stereocenters. The fourth-order valence-corrected chi connectivity index (χ4v) is 4.34. The number of benzene rings is 1. The van der Waals surface area contributed by atoms with Crippen molar-refractivity contribution in [3.05, 3.63) is 75.5 Å². The van der Waals surface area contributed by atoms with Crippen LogP contribution in [-0.4, -0.2) is 46.9 Å². The van der Waals surface area contributed by atoms with E-state index < -0.39 is 0 Å². The molecule has 0 aliphatic carbocycles. The summed E-state index contributed by atoms with van der Waals surface area (Å²) in [7, 11) is 0. The van der Waals surface area contributed by atoms with E-state index in [2.05, 4.69) is 9.88 Å². The number of thiophene rings is 1. The molecule has 4 rings (SSSR count). The third-order valence-corrected chi connectivity index (χ3v) is 6.00. The zero-order valence-corrected chi connectivity index (χ0v) is 16.7. The van der Waals surface area contributed by atoms with E-state index in [1.54, 1.807) is 24.4 Å². The molecule has 0 unspecified atom stereocenters. The van der Waals surface area contributed by atoms with E-state index in [9.17, 15) is 9.18 Å². The Morgan fingerprint density at radius 2 is 1.82 bits per heavy atom. The van der Waals surface area contributed by atoms with Gasteiger partial charge in [0.05, 0.1) is 4.88 Å². The van der Waals surface area contributed by atoms with Crippen LogP contribution in [-0.2, 0) is 6.54 Å². The molecule has 7 heteroatoms. The molecule has 1 aromatic carbocycles. The molecule has 4 nitrogen and oxygen atoms in total. The maximum Gasteiger partial charge on any atom is 0.264 e. The second-order valence-corrected chi connectivity index (χ2v) is 8.03. The van der Waals surface area contributed by atoms with Crippen LogP contribution in [0, 0.1) is 5.82 Å². The van der Waals surface area contributed by atoms with Gasteiger partial charge in [-0.3, -0.25) is 9.69 Å². The minimum atomic E-state index is -0.279. The number of nitrogens with zero attached hydrogens (tertiary/aromatic N) is 3. The Bertz CT molecular complexity index is 951. The minimum Gasteiger partial charge on any atom is -0.335 e. The predicted octanol–water partition coefficient (Wildman–Crippen LogP) is 4.56. The van der Waals surface area contributed by atoms with Gasteiger partial charge in [-0.05, 0) is 40.8 Å². The summed E-state index contributed by atoms with van der Waals surface area (Å²) >= 11 is 7.27. The van der Waals surface area contributed by atoms with Gasteiger partial charge in [-0.2, -0.15) is 0 Å². The molecule has 0 radical (unpaired) electrons. The molecule has 1 aliphatic rings. The summed E-state index contributed by atoms with van der Waals surface area (Å²) in [4.78, 5) is 22.1. The van der Waals surface area contributed by atoms with Gasteiger partial charge in [-0.1, -0.05) is 29.8 Å². The largest absolute Gasteiger partial charge is 0.335 e. The Morgan fingerprint density at radius 1 is 1.07 bits per heavy atom. The summed E-state index contributed by atoms with van der Waals surface area (Å²) < 4.78 is 13.2. The number of pyridine rings is 1.